The van der Waals surface area contributed by atoms with Gasteiger partial charge in [-0.1, -0.05) is 42.5 Å². The minimum absolute atomic E-state index is 0.0256. The first-order valence-electron chi connectivity index (χ1n) is 8.26. The van der Waals surface area contributed by atoms with Gasteiger partial charge in [-0.2, -0.15) is 0 Å². The average molecular weight is 326 g/mol. The van der Waals surface area contributed by atoms with Crippen molar-refractivity contribution in [3.63, 3.8) is 0 Å². The third-order valence-electron chi connectivity index (χ3n) is 4.53. The molecule has 2 N–H and O–H groups in total. The molecule has 1 atom stereocenters. The van der Waals surface area contributed by atoms with Crippen molar-refractivity contribution < 1.29 is 14.3 Å². The van der Waals surface area contributed by atoms with Gasteiger partial charge in [0.2, 0.25) is 11.8 Å². The Bertz CT molecular complexity index is 733. The van der Waals surface area contributed by atoms with Gasteiger partial charge in [-0.05, 0) is 22.8 Å². The molecule has 1 heterocycles. The Kier molecular flexibility index (Phi) is 5.11. The smallest absolute Gasteiger partial charge is 0.223 e. The summed E-state index contributed by atoms with van der Waals surface area (Å²) in [6.07, 6.45) is 0.630. The predicted molar refractivity (Wildman–Crippen MR) is 92.4 cm³/mol. The zero-order valence-electron chi connectivity index (χ0n) is 13.6. The first kappa shape index (κ1) is 16.5. The Labute approximate surface area is 141 Å². The van der Waals surface area contributed by atoms with Crippen LogP contribution in [0.2, 0.25) is 0 Å². The molecule has 5 nitrogen and oxygen atoms in total. The highest BCUT2D eigenvalue weighted by Gasteiger charge is 2.25. The maximum absolute atomic E-state index is 12.4. The minimum atomic E-state index is -0.494. The van der Waals surface area contributed by atoms with Crippen LogP contribution in [0, 0.1) is 5.92 Å². The molecule has 0 unspecified atom stereocenters. The molecule has 2 aromatic rings. The van der Waals surface area contributed by atoms with E-state index in [4.69, 9.17) is 10.5 Å². The third kappa shape index (κ3) is 3.74. The molecule has 126 valence electrons. The van der Waals surface area contributed by atoms with Crippen molar-refractivity contribution in [1.29, 1.82) is 0 Å². The number of nitrogens with two attached hydrogens (primary N) is 1. The first-order valence-corrected chi connectivity index (χ1v) is 8.26. The van der Waals surface area contributed by atoms with E-state index in [1.165, 1.54) is 0 Å². The van der Waals surface area contributed by atoms with Crippen LogP contribution in [0.4, 0.5) is 0 Å². The second-order valence-corrected chi connectivity index (χ2v) is 6.14. The average Bonchev–Trinajstić information content (AvgIpc) is 2.62. The fourth-order valence-corrected chi connectivity index (χ4v) is 3.16. The molecule has 1 aliphatic rings. The van der Waals surface area contributed by atoms with Crippen LogP contribution in [0.3, 0.4) is 0 Å². The van der Waals surface area contributed by atoms with Crippen LogP contribution in [-0.4, -0.2) is 43.0 Å². The number of hydrogen-bond acceptors (Lipinski definition) is 3. The number of rotatable bonds is 5. The molecule has 1 fully saturated rings. The summed E-state index contributed by atoms with van der Waals surface area (Å²) in [5.41, 5.74) is 6.62. The quantitative estimate of drug-likeness (QED) is 0.909. The zero-order chi connectivity index (χ0) is 16.9. The van der Waals surface area contributed by atoms with Gasteiger partial charge in [0.15, 0.2) is 0 Å². The van der Waals surface area contributed by atoms with E-state index in [-0.39, 0.29) is 12.3 Å². The van der Waals surface area contributed by atoms with Gasteiger partial charge < -0.3 is 15.4 Å². The summed E-state index contributed by atoms with van der Waals surface area (Å²) in [7, 11) is 0. The van der Waals surface area contributed by atoms with Crippen LogP contribution in [0.25, 0.3) is 10.8 Å². The Morgan fingerprint density at radius 1 is 1.08 bits per heavy atom. The fourth-order valence-electron chi connectivity index (χ4n) is 3.16. The van der Waals surface area contributed by atoms with Crippen LogP contribution in [0.1, 0.15) is 12.0 Å². The standard InChI is InChI=1S/C19H22N2O3/c20-19(23)16(13-18(22)21-8-10-24-11-9-21)12-15-6-3-5-14-4-1-2-7-17(14)15/h1-7,16H,8-13H2,(H2,20,23)/t16-/m0/s1. The molecule has 5 heteroatoms. The van der Waals surface area contributed by atoms with Gasteiger partial charge in [-0.25, -0.2) is 0 Å². The highest BCUT2D eigenvalue weighted by molar-refractivity contribution is 5.88. The van der Waals surface area contributed by atoms with Crippen molar-refractivity contribution >= 4 is 22.6 Å². The lowest BCUT2D eigenvalue weighted by molar-refractivity contribution is -0.138. The van der Waals surface area contributed by atoms with Crippen molar-refractivity contribution in [2.75, 3.05) is 26.3 Å². The van der Waals surface area contributed by atoms with Crippen molar-refractivity contribution in [3.8, 4) is 0 Å². The SMILES string of the molecule is NC(=O)[C@H](CC(=O)N1CCOCC1)Cc1cccc2ccccc12. The minimum Gasteiger partial charge on any atom is -0.378 e. The Hall–Kier alpha value is -2.40. The van der Waals surface area contributed by atoms with Gasteiger partial charge in [-0.3, -0.25) is 9.59 Å². The summed E-state index contributed by atoms with van der Waals surface area (Å²) in [5, 5.41) is 2.22. The molecule has 0 aromatic heterocycles. The van der Waals surface area contributed by atoms with Crippen LogP contribution in [-0.2, 0) is 20.7 Å². The number of nitrogens with zero attached hydrogens (tertiary/aromatic N) is 1. The molecule has 3 rings (SSSR count). The molecule has 1 saturated heterocycles. The first-order chi connectivity index (χ1) is 11.6. The number of amides is 2. The number of carbonyl (C=O) groups excluding carboxylic acids is 2. The summed E-state index contributed by atoms with van der Waals surface area (Å²) < 4.78 is 5.26. The lowest BCUT2D eigenvalue weighted by atomic mass is 9.92. The molecular formula is C19H22N2O3. The van der Waals surface area contributed by atoms with E-state index in [0.717, 1.165) is 16.3 Å². The maximum Gasteiger partial charge on any atom is 0.223 e. The Morgan fingerprint density at radius 2 is 1.79 bits per heavy atom. The van der Waals surface area contributed by atoms with E-state index >= 15 is 0 Å². The van der Waals surface area contributed by atoms with Crippen molar-refractivity contribution in [1.82, 2.24) is 4.90 Å². The number of benzene rings is 2. The molecule has 2 amide bonds. The van der Waals surface area contributed by atoms with Gasteiger partial charge in [0.1, 0.15) is 0 Å². The summed E-state index contributed by atoms with van der Waals surface area (Å²) in [4.78, 5) is 26.1. The van der Waals surface area contributed by atoms with Gasteiger partial charge in [0, 0.05) is 19.5 Å². The lowest BCUT2D eigenvalue weighted by Crippen LogP contribution is -2.42. The van der Waals surface area contributed by atoms with Crippen molar-refractivity contribution in [2.45, 2.75) is 12.8 Å². The van der Waals surface area contributed by atoms with E-state index in [9.17, 15) is 9.59 Å². The molecule has 0 bridgehead atoms. The number of ether oxygens (including phenoxy) is 1. The van der Waals surface area contributed by atoms with E-state index in [1.807, 2.05) is 42.5 Å². The van der Waals surface area contributed by atoms with E-state index in [0.29, 0.717) is 32.7 Å². The van der Waals surface area contributed by atoms with E-state index < -0.39 is 11.8 Å². The van der Waals surface area contributed by atoms with E-state index in [1.54, 1.807) is 4.90 Å². The summed E-state index contributed by atoms with van der Waals surface area (Å²) >= 11 is 0. The summed E-state index contributed by atoms with van der Waals surface area (Å²) in [6.45, 7) is 2.27. The second-order valence-electron chi connectivity index (χ2n) is 6.14. The van der Waals surface area contributed by atoms with Gasteiger partial charge in [-0.15, -0.1) is 0 Å². The largest absolute Gasteiger partial charge is 0.378 e. The number of hydrogen-bond donors (Lipinski definition) is 1. The molecule has 2 aromatic carbocycles. The van der Waals surface area contributed by atoms with Gasteiger partial charge in [0.25, 0.3) is 0 Å². The van der Waals surface area contributed by atoms with Gasteiger partial charge >= 0.3 is 0 Å². The zero-order valence-corrected chi connectivity index (χ0v) is 13.6. The molecule has 0 saturated carbocycles. The molecule has 0 radical (unpaired) electrons. The van der Waals surface area contributed by atoms with Crippen LogP contribution in [0.15, 0.2) is 42.5 Å². The van der Waals surface area contributed by atoms with Crippen molar-refractivity contribution in [2.24, 2.45) is 11.7 Å². The summed E-state index contributed by atoms with van der Waals surface area (Å²) in [6, 6.07) is 14.0. The number of fused-ring (bicyclic) bond motifs is 1. The maximum atomic E-state index is 12.4. The molecule has 0 spiro atoms. The molecule has 1 aliphatic heterocycles. The van der Waals surface area contributed by atoms with Crippen LogP contribution in [0.5, 0.6) is 0 Å². The fraction of sp³-hybridized carbons (Fsp3) is 0.368. The number of primary amides is 1. The number of morpholine rings is 1. The number of carbonyl (C=O) groups is 2. The van der Waals surface area contributed by atoms with Gasteiger partial charge in [0.05, 0.1) is 19.1 Å². The molecular weight excluding hydrogens is 304 g/mol. The predicted octanol–water partition coefficient (Wildman–Crippen LogP) is 1.73. The van der Waals surface area contributed by atoms with Crippen LogP contribution >= 0.6 is 0 Å². The van der Waals surface area contributed by atoms with E-state index in [2.05, 4.69) is 0 Å². The highest BCUT2D eigenvalue weighted by Crippen LogP contribution is 2.23. The second kappa shape index (κ2) is 7.45. The Balaban J connectivity index is 1.76. The highest BCUT2D eigenvalue weighted by atomic mass is 16.5. The molecule has 24 heavy (non-hydrogen) atoms. The molecule has 0 aliphatic carbocycles. The third-order valence-corrected chi connectivity index (χ3v) is 4.53. The topological polar surface area (TPSA) is 72.6 Å². The Morgan fingerprint density at radius 3 is 2.54 bits per heavy atom. The lowest BCUT2D eigenvalue weighted by Gasteiger charge is -2.28. The normalized spacial score (nSPS) is 16.1. The van der Waals surface area contributed by atoms with Crippen LogP contribution < -0.4 is 5.73 Å². The summed E-state index contributed by atoms with van der Waals surface area (Å²) in [5.74, 6) is -0.946. The van der Waals surface area contributed by atoms with Crippen molar-refractivity contribution in [3.05, 3.63) is 48.0 Å². The monoisotopic (exact) mass is 326 g/mol.